The number of hydrogen-bond donors (Lipinski definition) is 2. The minimum Gasteiger partial charge on any atom is -0.411 e. The molecule has 0 unspecified atom stereocenters. The molecule has 1 aromatic carbocycles. The van der Waals surface area contributed by atoms with E-state index < -0.39 is 17.5 Å². The highest BCUT2D eigenvalue weighted by molar-refractivity contribution is 9.10. The van der Waals surface area contributed by atoms with E-state index in [4.69, 9.17) is 5.21 Å². The molecule has 2 N–H and O–H groups in total. The van der Waals surface area contributed by atoms with Crippen LogP contribution in [-0.4, -0.2) is 17.3 Å². The van der Waals surface area contributed by atoms with Crippen LogP contribution >= 0.6 is 15.9 Å². The summed E-state index contributed by atoms with van der Waals surface area (Å²) in [6.07, 6.45) is 0.552. The number of hydrogen-bond acceptors (Lipinski definition) is 3. The van der Waals surface area contributed by atoms with E-state index >= 15 is 0 Å². The molecule has 0 aliphatic carbocycles. The number of nitrogens with zero attached hydrogens (tertiary/aromatic N) is 1. The summed E-state index contributed by atoms with van der Waals surface area (Å²) < 4.78 is 25.7. The van der Waals surface area contributed by atoms with Crippen LogP contribution in [0.5, 0.6) is 0 Å². The lowest BCUT2D eigenvalue weighted by atomic mass is 10.3. The summed E-state index contributed by atoms with van der Waals surface area (Å²) in [5.74, 6) is -2.54. The third kappa shape index (κ3) is 2.72. The molecule has 0 aromatic heterocycles. The van der Waals surface area contributed by atoms with Crippen LogP contribution in [0, 0.1) is 11.6 Å². The van der Waals surface area contributed by atoms with Crippen LogP contribution in [0.15, 0.2) is 21.8 Å². The molecule has 0 spiro atoms. The molecule has 0 heterocycles. The normalized spacial score (nSPS) is 10.6. The molecule has 1 amide bonds. The van der Waals surface area contributed by atoms with Crippen molar-refractivity contribution in [2.24, 2.45) is 5.16 Å². The van der Waals surface area contributed by atoms with Crippen molar-refractivity contribution in [1.29, 1.82) is 0 Å². The average Bonchev–Trinajstić information content (AvgIpc) is 2.20. The standard InChI is InChI=1S/C8H5BrF2N2O2/c9-7-4(10)1-2-5(8(7)11)13-6(14)3-12-15/h1-3,15H,(H,13,14)/b12-3-. The van der Waals surface area contributed by atoms with Gasteiger partial charge in [0.25, 0.3) is 5.91 Å². The Morgan fingerprint density at radius 3 is 2.80 bits per heavy atom. The topological polar surface area (TPSA) is 61.7 Å². The molecule has 1 aromatic rings. The van der Waals surface area contributed by atoms with Gasteiger partial charge in [-0.1, -0.05) is 5.16 Å². The second-order valence-electron chi connectivity index (χ2n) is 2.46. The highest BCUT2D eigenvalue weighted by Gasteiger charge is 2.12. The van der Waals surface area contributed by atoms with Crippen LogP contribution in [0.1, 0.15) is 0 Å². The average molecular weight is 279 g/mol. The van der Waals surface area contributed by atoms with E-state index in [9.17, 15) is 13.6 Å². The molecule has 4 nitrogen and oxygen atoms in total. The summed E-state index contributed by atoms with van der Waals surface area (Å²) in [6.45, 7) is 0. The van der Waals surface area contributed by atoms with Crippen molar-refractivity contribution >= 4 is 33.7 Å². The number of benzene rings is 1. The van der Waals surface area contributed by atoms with Crippen molar-refractivity contribution in [3.8, 4) is 0 Å². The SMILES string of the molecule is O=C(/C=N\O)Nc1ccc(F)c(Br)c1F. The second-order valence-corrected chi connectivity index (χ2v) is 3.25. The van der Waals surface area contributed by atoms with Gasteiger partial charge in [0, 0.05) is 0 Å². The van der Waals surface area contributed by atoms with Crippen LogP contribution < -0.4 is 5.32 Å². The molecule has 0 aliphatic heterocycles. The number of anilines is 1. The zero-order valence-corrected chi connectivity index (χ0v) is 8.75. The van der Waals surface area contributed by atoms with Crippen LogP contribution in [0.3, 0.4) is 0 Å². The Kier molecular flexibility index (Phi) is 3.73. The fourth-order valence-corrected chi connectivity index (χ4v) is 1.19. The molecule has 0 aliphatic rings. The maximum Gasteiger partial charge on any atom is 0.270 e. The summed E-state index contributed by atoms with van der Waals surface area (Å²) in [7, 11) is 0. The molecule has 0 radical (unpaired) electrons. The van der Waals surface area contributed by atoms with Gasteiger partial charge in [-0.15, -0.1) is 0 Å². The van der Waals surface area contributed by atoms with E-state index in [1.54, 1.807) is 0 Å². The lowest BCUT2D eigenvalue weighted by Gasteiger charge is -2.05. The summed E-state index contributed by atoms with van der Waals surface area (Å²) in [5.41, 5.74) is -0.215. The fraction of sp³-hybridized carbons (Fsp3) is 0. The van der Waals surface area contributed by atoms with Crippen molar-refractivity contribution in [3.05, 3.63) is 28.2 Å². The molecule has 0 saturated heterocycles. The molecule has 0 bridgehead atoms. The number of carbonyl (C=O) groups excluding carboxylic acids is 1. The Hall–Kier alpha value is -1.50. The summed E-state index contributed by atoms with van der Waals surface area (Å²) in [4.78, 5) is 10.9. The smallest absolute Gasteiger partial charge is 0.270 e. The third-order valence-corrected chi connectivity index (χ3v) is 2.19. The van der Waals surface area contributed by atoms with E-state index in [-0.39, 0.29) is 10.2 Å². The Balaban J connectivity index is 2.97. The molecule has 0 fully saturated rings. The molecule has 0 atom stereocenters. The first-order valence-corrected chi connectivity index (χ1v) is 4.47. The van der Waals surface area contributed by atoms with Gasteiger partial charge in [0.05, 0.1) is 10.2 Å². The van der Waals surface area contributed by atoms with Gasteiger partial charge in [0.2, 0.25) is 0 Å². The second kappa shape index (κ2) is 4.83. The number of amides is 1. The quantitative estimate of drug-likeness (QED) is 0.377. The van der Waals surface area contributed by atoms with Gasteiger partial charge < -0.3 is 10.5 Å². The third-order valence-electron chi connectivity index (χ3n) is 1.47. The van der Waals surface area contributed by atoms with Gasteiger partial charge in [-0.05, 0) is 28.1 Å². The van der Waals surface area contributed by atoms with Crippen molar-refractivity contribution in [1.82, 2.24) is 0 Å². The van der Waals surface area contributed by atoms with E-state index in [1.165, 1.54) is 0 Å². The van der Waals surface area contributed by atoms with E-state index in [1.807, 2.05) is 0 Å². The predicted octanol–water partition coefficient (Wildman–Crippen LogP) is 2.13. The monoisotopic (exact) mass is 278 g/mol. The maximum atomic E-state index is 13.3. The lowest BCUT2D eigenvalue weighted by molar-refractivity contribution is -0.110. The first-order chi connectivity index (χ1) is 7.06. The maximum absolute atomic E-state index is 13.3. The molecular formula is C8H5BrF2N2O2. The number of halogens is 3. The van der Waals surface area contributed by atoms with E-state index in [2.05, 4.69) is 26.4 Å². The van der Waals surface area contributed by atoms with Crippen LogP contribution in [0.4, 0.5) is 14.5 Å². The number of oxime groups is 1. The minimum atomic E-state index is -0.935. The van der Waals surface area contributed by atoms with Crippen molar-refractivity contribution in [2.45, 2.75) is 0 Å². The Morgan fingerprint density at radius 1 is 1.53 bits per heavy atom. The zero-order valence-electron chi connectivity index (χ0n) is 7.17. The van der Waals surface area contributed by atoms with Gasteiger partial charge in [0.15, 0.2) is 5.82 Å². The summed E-state index contributed by atoms with van der Waals surface area (Å²) in [6, 6.07) is 2.04. The Labute approximate surface area is 91.7 Å². The highest BCUT2D eigenvalue weighted by Crippen LogP contribution is 2.25. The van der Waals surface area contributed by atoms with Gasteiger partial charge in [-0.2, -0.15) is 0 Å². The largest absolute Gasteiger partial charge is 0.411 e. The van der Waals surface area contributed by atoms with Crippen LogP contribution in [0.2, 0.25) is 0 Å². The molecule has 0 saturated carbocycles. The highest BCUT2D eigenvalue weighted by atomic mass is 79.9. The summed E-state index contributed by atoms with van der Waals surface area (Å²) >= 11 is 2.67. The predicted molar refractivity (Wildman–Crippen MR) is 53.0 cm³/mol. The fourth-order valence-electron chi connectivity index (χ4n) is 0.840. The molecular weight excluding hydrogens is 274 g/mol. The van der Waals surface area contributed by atoms with Crippen LogP contribution in [0.25, 0.3) is 0 Å². The van der Waals surface area contributed by atoms with E-state index in [0.717, 1.165) is 12.1 Å². The number of carbonyl (C=O) groups is 1. The minimum absolute atomic E-state index is 0.215. The first-order valence-electron chi connectivity index (χ1n) is 3.68. The molecule has 80 valence electrons. The van der Waals surface area contributed by atoms with Crippen molar-refractivity contribution in [3.63, 3.8) is 0 Å². The van der Waals surface area contributed by atoms with Crippen molar-refractivity contribution in [2.75, 3.05) is 5.32 Å². The first kappa shape index (κ1) is 11.6. The van der Waals surface area contributed by atoms with E-state index in [0.29, 0.717) is 6.21 Å². The summed E-state index contributed by atoms with van der Waals surface area (Å²) in [5, 5.41) is 12.5. The molecule has 1 rings (SSSR count). The molecule has 15 heavy (non-hydrogen) atoms. The van der Waals surface area contributed by atoms with Gasteiger partial charge in [-0.3, -0.25) is 4.79 Å². The lowest BCUT2D eigenvalue weighted by Crippen LogP contribution is -2.14. The number of nitrogens with one attached hydrogen (secondary N) is 1. The molecule has 7 heteroatoms. The van der Waals surface area contributed by atoms with Crippen LogP contribution in [-0.2, 0) is 4.79 Å². The number of rotatable bonds is 2. The van der Waals surface area contributed by atoms with Gasteiger partial charge >= 0.3 is 0 Å². The van der Waals surface area contributed by atoms with Crippen molar-refractivity contribution < 1.29 is 18.8 Å². The Morgan fingerprint density at radius 2 is 2.20 bits per heavy atom. The van der Waals surface area contributed by atoms with Gasteiger partial charge in [-0.25, -0.2) is 8.78 Å². The Bertz CT molecular complexity index is 423. The van der Waals surface area contributed by atoms with Gasteiger partial charge in [0.1, 0.15) is 12.0 Å². The zero-order chi connectivity index (χ0) is 11.4.